The lowest BCUT2D eigenvalue weighted by Gasteiger charge is -2.13. The quantitative estimate of drug-likeness (QED) is 0.864. The number of hydrogen-bond acceptors (Lipinski definition) is 5. The molecule has 0 spiro atoms. The highest BCUT2D eigenvalue weighted by Gasteiger charge is 2.20. The molecule has 3 rings (SSSR count). The fourth-order valence-corrected chi connectivity index (χ4v) is 4.42. The van der Waals surface area contributed by atoms with Crippen molar-refractivity contribution in [3.8, 4) is 0 Å². The van der Waals surface area contributed by atoms with E-state index in [4.69, 9.17) is 4.74 Å². The Labute approximate surface area is 144 Å². The fourth-order valence-electron chi connectivity index (χ4n) is 3.20. The fraction of sp³-hybridized carbons (Fsp3) is 0.588. The Morgan fingerprint density at radius 3 is 3.04 bits per heavy atom. The lowest BCUT2D eigenvalue weighted by atomic mass is 9.97. The highest BCUT2D eigenvalue weighted by Crippen LogP contribution is 2.33. The van der Waals surface area contributed by atoms with E-state index < -0.39 is 0 Å². The summed E-state index contributed by atoms with van der Waals surface area (Å²) in [6.07, 6.45) is 6.16. The van der Waals surface area contributed by atoms with Gasteiger partial charge in [-0.15, -0.1) is 11.3 Å². The molecular formula is C17H23N3O3S. The molecule has 1 aliphatic carbocycles. The van der Waals surface area contributed by atoms with Gasteiger partial charge in [-0.05, 0) is 38.2 Å². The van der Waals surface area contributed by atoms with Gasteiger partial charge < -0.3 is 10.1 Å². The van der Waals surface area contributed by atoms with Crippen LogP contribution >= 0.6 is 11.3 Å². The first-order valence-corrected chi connectivity index (χ1v) is 9.19. The van der Waals surface area contributed by atoms with Crippen LogP contribution in [0.1, 0.15) is 36.6 Å². The second kappa shape index (κ2) is 7.44. The van der Waals surface area contributed by atoms with Crippen molar-refractivity contribution in [3.63, 3.8) is 0 Å². The zero-order valence-electron chi connectivity index (χ0n) is 14.1. The minimum absolute atomic E-state index is 0.0165. The normalized spacial score (nSPS) is 15.2. The molecule has 0 saturated carbocycles. The van der Waals surface area contributed by atoms with Gasteiger partial charge in [0.15, 0.2) is 0 Å². The molecule has 1 unspecified atom stereocenters. The Morgan fingerprint density at radius 1 is 1.46 bits per heavy atom. The average molecular weight is 349 g/mol. The van der Waals surface area contributed by atoms with Crippen LogP contribution in [0.4, 0.5) is 0 Å². The number of carbonyl (C=O) groups excluding carboxylic acids is 1. The number of rotatable bonds is 6. The number of fused-ring (bicyclic) bond motifs is 3. The first-order valence-electron chi connectivity index (χ1n) is 8.38. The minimum Gasteiger partial charge on any atom is -0.383 e. The van der Waals surface area contributed by atoms with Gasteiger partial charge >= 0.3 is 0 Å². The molecule has 2 aromatic rings. The van der Waals surface area contributed by atoms with Gasteiger partial charge in [0.25, 0.3) is 5.56 Å². The summed E-state index contributed by atoms with van der Waals surface area (Å²) < 4.78 is 6.56. The molecule has 0 aromatic carbocycles. The van der Waals surface area contributed by atoms with Crippen LogP contribution in [0.2, 0.25) is 0 Å². The summed E-state index contributed by atoms with van der Waals surface area (Å²) >= 11 is 1.64. The van der Waals surface area contributed by atoms with Crippen molar-refractivity contribution >= 4 is 27.5 Å². The van der Waals surface area contributed by atoms with Crippen LogP contribution in [0.5, 0.6) is 0 Å². The molecule has 1 amide bonds. The highest BCUT2D eigenvalue weighted by molar-refractivity contribution is 7.18. The topological polar surface area (TPSA) is 73.2 Å². The number of nitrogens with one attached hydrogen (secondary N) is 1. The van der Waals surface area contributed by atoms with Crippen molar-refractivity contribution in [1.29, 1.82) is 0 Å². The number of methoxy groups -OCH3 is 1. The Bertz CT molecular complexity index is 796. The third kappa shape index (κ3) is 3.52. The first-order chi connectivity index (χ1) is 11.6. The Hall–Kier alpha value is -1.73. The number of nitrogens with zero attached hydrogens (tertiary/aromatic N) is 2. The van der Waals surface area contributed by atoms with Gasteiger partial charge in [0.05, 0.1) is 18.3 Å². The van der Waals surface area contributed by atoms with E-state index in [-0.39, 0.29) is 23.9 Å². The van der Waals surface area contributed by atoms with E-state index in [1.165, 1.54) is 16.9 Å². The maximum atomic E-state index is 12.8. The van der Waals surface area contributed by atoms with E-state index in [0.29, 0.717) is 13.2 Å². The van der Waals surface area contributed by atoms with Crippen molar-refractivity contribution in [2.24, 2.45) is 0 Å². The number of amides is 1. The standard InChI is InChI=1S/C17H23N3O3S/c1-11(9-23-2)19-14(21)7-8-20-10-18-16-15(17(20)22)12-5-3-4-6-13(12)24-16/h10-11H,3-9H2,1-2H3,(H,19,21). The molecule has 0 fully saturated rings. The smallest absolute Gasteiger partial charge is 0.262 e. The van der Waals surface area contributed by atoms with Gasteiger partial charge in [0, 0.05) is 31.0 Å². The first kappa shape index (κ1) is 17.1. The summed E-state index contributed by atoms with van der Waals surface area (Å²) in [7, 11) is 1.60. The number of carbonyl (C=O) groups is 1. The van der Waals surface area contributed by atoms with E-state index in [0.717, 1.165) is 29.5 Å². The summed E-state index contributed by atoms with van der Waals surface area (Å²) in [6.45, 7) is 2.71. The van der Waals surface area contributed by atoms with Crippen molar-refractivity contribution < 1.29 is 9.53 Å². The molecule has 1 aliphatic rings. The monoisotopic (exact) mass is 349 g/mol. The molecular weight excluding hydrogens is 326 g/mol. The molecule has 0 radical (unpaired) electrons. The van der Waals surface area contributed by atoms with Crippen LogP contribution in [0.25, 0.3) is 10.2 Å². The summed E-state index contributed by atoms with van der Waals surface area (Å²) in [5.74, 6) is -0.0844. The molecule has 0 bridgehead atoms. The third-order valence-electron chi connectivity index (χ3n) is 4.35. The predicted octanol–water partition coefficient (Wildman–Crippen LogP) is 1.88. The average Bonchev–Trinajstić information content (AvgIpc) is 2.93. The molecule has 7 heteroatoms. The molecule has 0 saturated heterocycles. The van der Waals surface area contributed by atoms with Crippen molar-refractivity contribution in [3.05, 3.63) is 27.1 Å². The minimum atomic E-state index is -0.0844. The summed E-state index contributed by atoms with van der Waals surface area (Å²) in [5, 5.41) is 3.62. The second-order valence-electron chi connectivity index (χ2n) is 6.31. The van der Waals surface area contributed by atoms with Crippen LogP contribution in [0.3, 0.4) is 0 Å². The third-order valence-corrected chi connectivity index (χ3v) is 5.55. The lowest BCUT2D eigenvalue weighted by molar-refractivity contribution is -0.122. The van der Waals surface area contributed by atoms with Gasteiger partial charge in [0.2, 0.25) is 5.91 Å². The summed E-state index contributed by atoms with van der Waals surface area (Å²) in [5.41, 5.74) is 1.17. The van der Waals surface area contributed by atoms with Crippen molar-refractivity contribution in [1.82, 2.24) is 14.9 Å². The van der Waals surface area contributed by atoms with E-state index in [2.05, 4.69) is 10.3 Å². The summed E-state index contributed by atoms with van der Waals surface area (Å²) in [6, 6.07) is -0.0382. The van der Waals surface area contributed by atoms with Crippen LogP contribution in [-0.4, -0.2) is 35.2 Å². The molecule has 0 aliphatic heterocycles. The van der Waals surface area contributed by atoms with Gasteiger partial charge in [-0.1, -0.05) is 0 Å². The van der Waals surface area contributed by atoms with Crippen molar-refractivity contribution in [2.75, 3.05) is 13.7 Å². The van der Waals surface area contributed by atoms with Crippen LogP contribution in [-0.2, 0) is 28.9 Å². The number of hydrogen-bond donors (Lipinski definition) is 1. The predicted molar refractivity (Wildman–Crippen MR) is 94.6 cm³/mol. The van der Waals surface area contributed by atoms with E-state index in [9.17, 15) is 9.59 Å². The van der Waals surface area contributed by atoms with Crippen LogP contribution < -0.4 is 10.9 Å². The van der Waals surface area contributed by atoms with Crippen LogP contribution in [0, 0.1) is 0 Å². The van der Waals surface area contributed by atoms with Gasteiger partial charge in [-0.25, -0.2) is 4.98 Å². The molecule has 1 N–H and O–H groups in total. The Kier molecular flexibility index (Phi) is 5.30. The van der Waals surface area contributed by atoms with E-state index >= 15 is 0 Å². The molecule has 130 valence electrons. The molecule has 2 aromatic heterocycles. The number of aryl methyl sites for hydroxylation is 3. The van der Waals surface area contributed by atoms with E-state index in [1.807, 2.05) is 6.92 Å². The summed E-state index contributed by atoms with van der Waals surface area (Å²) in [4.78, 5) is 31.3. The molecule has 1 atom stereocenters. The maximum absolute atomic E-state index is 12.8. The van der Waals surface area contributed by atoms with Crippen molar-refractivity contribution in [2.45, 2.75) is 51.6 Å². The van der Waals surface area contributed by atoms with E-state index in [1.54, 1.807) is 29.3 Å². The zero-order chi connectivity index (χ0) is 17.1. The Morgan fingerprint density at radius 2 is 2.25 bits per heavy atom. The van der Waals surface area contributed by atoms with Gasteiger partial charge in [-0.3, -0.25) is 14.2 Å². The lowest BCUT2D eigenvalue weighted by Crippen LogP contribution is -2.36. The Balaban J connectivity index is 1.75. The van der Waals surface area contributed by atoms with Crippen LogP contribution in [0.15, 0.2) is 11.1 Å². The number of ether oxygens (including phenoxy) is 1. The SMILES string of the molecule is COCC(C)NC(=O)CCn1cnc2sc3c(c2c1=O)CCCC3. The maximum Gasteiger partial charge on any atom is 0.262 e. The molecule has 24 heavy (non-hydrogen) atoms. The second-order valence-corrected chi connectivity index (χ2v) is 7.39. The highest BCUT2D eigenvalue weighted by atomic mass is 32.1. The molecule has 6 nitrogen and oxygen atoms in total. The number of aromatic nitrogens is 2. The zero-order valence-corrected chi connectivity index (χ0v) is 14.9. The number of thiophene rings is 1. The largest absolute Gasteiger partial charge is 0.383 e. The molecule has 2 heterocycles. The van der Waals surface area contributed by atoms with Gasteiger partial charge in [-0.2, -0.15) is 0 Å². The van der Waals surface area contributed by atoms with Gasteiger partial charge in [0.1, 0.15) is 4.83 Å².